The smallest absolute Gasteiger partial charge is 0.252 e. The molecule has 2 N–H and O–H groups in total. The summed E-state index contributed by atoms with van der Waals surface area (Å²) >= 11 is 8.02. The van der Waals surface area contributed by atoms with Crippen molar-refractivity contribution < 1.29 is 9.53 Å². The Hall–Kier alpha value is -1.27. The minimum absolute atomic E-state index is 0.265. The van der Waals surface area contributed by atoms with Crippen LogP contribution < -0.4 is 10.5 Å². The molecule has 0 unspecified atom stereocenters. The van der Waals surface area contributed by atoms with Crippen LogP contribution in [0.15, 0.2) is 42.5 Å². The molecule has 0 fully saturated rings. The Morgan fingerprint density at radius 2 is 1.83 bits per heavy atom. The number of hydrogen-bond donors (Lipinski definition) is 1. The second-order valence-electron chi connectivity index (χ2n) is 3.56. The molecular weight excluding hydrogens is 365 g/mol. The van der Waals surface area contributed by atoms with Crippen molar-refractivity contribution in [3.63, 3.8) is 0 Å². The first-order valence-electron chi connectivity index (χ1n) is 5.09. The molecule has 2 aromatic rings. The summed E-state index contributed by atoms with van der Waals surface area (Å²) in [5.74, 6) is 0.464. The number of carbonyl (C=O) groups excluding carboxylic acids is 1. The summed E-state index contributed by atoms with van der Waals surface area (Å²) in [4.78, 5) is 11.3. The Morgan fingerprint density at radius 3 is 2.44 bits per heavy atom. The first-order chi connectivity index (χ1) is 8.56. The van der Waals surface area contributed by atoms with Crippen LogP contribution in [0.3, 0.4) is 0 Å². The number of primary amides is 1. The maximum atomic E-state index is 11.3. The fourth-order valence-corrected chi connectivity index (χ4v) is 1.95. The maximum absolute atomic E-state index is 11.3. The number of ether oxygens (including phenoxy) is 1. The van der Waals surface area contributed by atoms with Crippen molar-refractivity contribution in [2.75, 3.05) is 0 Å². The lowest BCUT2D eigenvalue weighted by molar-refractivity contribution is 0.0998. The van der Waals surface area contributed by atoms with Crippen LogP contribution >= 0.6 is 34.2 Å². The van der Waals surface area contributed by atoms with E-state index in [0.29, 0.717) is 16.5 Å². The summed E-state index contributed by atoms with van der Waals surface area (Å²) in [7, 11) is 0. The third-order valence-corrected chi connectivity index (χ3v) is 3.20. The Morgan fingerprint density at radius 1 is 1.17 bits per heavy atom. The molecule has 0 radical (unpaired) electrons. The number of amides is 1. The van der Waals surface area contributed by atoms with Crippen LogP contribution in [0, 0.1) is 3.57 Å². The molecule has 0 bridgehead atoms. The third kappa shape index (κ3) is 3.14. The standard InChI is InChI=1S/C13H9ClINO2/c14-8-1-6-12(11(7-8)13(16)17)18-10-4-2-9(15)3-5-10/h1-7H,(H2,16,17). The molecule has 0 aliphatic carbocycles. The van der Waals surface area contributed by atoms with Gasteiger partial charge >= 0.3 is 0 Å². The van der Waals surface area contributed by atoms with E-state index in [0.717, 1.165) is 3.57 Å². The van der Waals surface area contributed by atoms with Crippen molar-refractivity contribution in [2.24, 2.45) is 5.73 Å². The molecule has 3 nitrogen and oxygen atoms in total. The van der Waals surface area contributed by atoms with Gasteiger partial charge in [-0.3, -0.25) is 4.79 Å². The molecule has 92 valence electrons. The van der Waals surface area contributed by atoms with Crippen molar-refractivity contribution in [3.05, 3.63) is 56.6 Å². The summed E-state index contributed by atoms with van der Waals surface area (Å²) in [5, 5.41) is 0.443. The van der Waals surface area contributed by atoms with E-state index in [2.05, 4.69) is 22.6 Å². The van der Waals surface area contributed by atoms with Gasteiger partial charge in [0.15, 0.2) is 0 Å². The monoisotopic (exact) mass is 373 g/mol. The van der Waals surface area contributed by atoms with Crippen LogP contribution in [0.2, 0.25) is 5.02 Å². The van der Waals surface area contributed by atoms with Gasteiger partial charge in [-0.05, 0) is 65.1 Å². The minimum atomic E-state index is -0.571. The lowest BCUT2D eigenvalue weighted by Crippen LogP contribution is -2.12. The zero-order valence-corrected chi connectivity index (χ0v) is 12.1. The quantitative estimate of drug-likeness (QED) is 0.831. The van der Waals surface area contributed by atoms with Crippen LogP contribution in [0.1, 0.15) is 10.4 Å². The highest BCUT2D eigenvalue weighted by Gasteiger charge is 2.11. The van der Waals surface area contributed by atoms with E-state index in [1.165, 1.54) is 6.07 Å². The molecule has 2 aromatic carbocycles. The molecule has 0 heterocycles. The van der Waals surface area contributed by atoms with Crippen LogP contribution in [-0.2, 0) is 0 Å². The Labute approximate surface area is 123 Å². The van der Waals surface area contributed by atoms with E-state index < -0.39 is 5.91 Å². The number of hydrogen-bond acceptors (Lipinski definition) is 2. The van der Waals surface area contributed by atoms with Crippen molar-refractivity contribution in [3.8, 4) is 11.5 Å². The molecule has 0 spiro atoms. The highest BCUT2D eigenvalue weighted by molar-refractivity contribution is 14.1. The Balaban J connectivity index is 2.34. The normalized spacial score (nSPS) is 10.1. The average Bonchev–Trinajstić information content (AvgIpc) is 2.34. The van der Waals surface area contributed by atoms with Gasteiger partial charge in [0.25, 0.3) is 5.91 Å². The molecule has 0 aliphatic rings. The number of benzene rings is 2. The Kier molecular flexibility index (Phi) is 4.08. The van der Waals surface area contributed by atoms with Gasteiger partial charge in [0, 0.05) is 8.59 Å². The van der Waals surface area contributed by atoms with E-state index in [-0.39, 0.29) is 5.56 Å². The summed E-state index contributed by atoms with van der Waals surface area (Å²) in [6, 6.07) is 12.2. The summed E-state index contributed by atoms with van der Waals surface area (Å²) in [6.07, 6.45) is 0. The highest BCUT2D eigenvalue weighted by atomic mass is 127. The molecule has 0 saturated heterocycles. The summed E-state index contributed by atoms with van der Waals surface area (Å²) in [6.45, 7) is 0. The summed E-state index contributed by atoms with van der Waals surface area (Å²) in [5.41, 5.74) is 5.55. The second-order valence-corrected chi connectivity index (χ2v) is 5.24. The van der Waals surface area contributed by atoms with E-state index >= 15 is 0 Å². The zero-order chi connectivity index (χ0) is 13.1. The summed E-state index contributed by atoms with van der Waals surface area (Å²) < 4.78 is 6.72. The number of halogens is 2. The van der Waals surface area contributed by atoms with Gasteiger partial charge < -0.3 is 10.5 Å². The molecule has 5 heteroatoms. The van der Waals surface area contributed by atoms with E-state index in [1.54, 1.807) is 12.1 Å². The molecule has 0 saturated carbocycles. The molecule has 2 rings (SSSR count). The van der Waals surface area contributed by atoms with Gasteiger partial charge in [-0.15, -0.1) is 0 Å². The lowest BCUT2D eigenvalue weighted by Gasteiger charge is -2.09. The van der Waals surface area contributed by atoms with E-state index in [9.17, 15) is 4.79 Å². The fraction of sp³-hybridized carbons (Fsp3) is 0. The van der Waals surface area contributed by atoms with Crippen molar-refractivity contribution in [2.45, 2.75) is 0 Å². The van der Waals surface area contributed by atoms with Gasteiger partial charge in [0.2, 0.25) is 0 Å². The molecule has 0 aliphatic heterocycles. The van der Waals surface area contributed by atoms with Gasteiger partial charge in [-0.25, -0.2) is 0 Å². The highest BCUT2D eigenvalue weighted by Crippen LogP contribution is 2.27. The predicted molar refractivity (Wildman–Crippen MR) is 79.2 cm³/mol. The van der Waals surface area contributed by atoms with Gasteiger partial charge in [0.1, 0.15) is 11.5 Å². The fourth-order valence-electron chi connectivity index (χ4n) is 1.41. The van der Waals surface area contributed by atoms with Gasteiger partial charge in [0.05, 0.1) is 5.56 Å². The Bertz CT molecular complexity index is 584. The topological polar surface area (TPSA) is 52.3 Å². The number of carbonyl (C=O) groups is 1. The molecular formula is C13H9ClINO2. The van der Waals surface area contributed by atoms with Gasteiger partial charge in [-0.1, -0.05) is 11.6 Å². The number of rotatable bonds is 3. The van der Waals surface area contributed by atoms with Gasteiger partial charge in [-0.2, -0.15) is 0 Å². The minimum Gasteiger partial charge on any atom is -0.457 e. The molecule has 0 atom stereocenters. The predicted octanol–water partition coefficient (Wildman–Crippen LogP) is 3.84. The third-order valence-electron chi connectivity index (χ3n) is 2.25. The number of nitrogens with two attached hydrogens (primary N) is 1. The van der Waals surface area contributed by atoms with Crippen LogP contribution in [0.4, 0.5) is 0 Å². The maximum Gasteiger partial charge on any atom is 0.252 e. The second kappa shape index (κ2) is 5.58. The van der Waals surface area contributed by atoms with Crippen LogP contribution in [0.25, 0.3) is 0 Å². The van der Waals surface area contributed by atoms with Crippen LogP contribution in [-0.4, -0.2) is 5.91 Å². The first kappa shape index (κ1) is 13.2. The molecule has 1 amide bonds. The average molecular weight is 374 g/mol. The van der Waals surface area contributed by atoms with Crippen molar-refractivity contribution >= 4 is 40.1 Å². The van der Waals surface area contributed by atoms with E-state index in [4.69, 9.17) is 22.1 Å². The zero-order valence-electron chi connectivity index (χ0n) is 9.19. The van der Waals surface area contributed by atoms with Crippen molar-refractivity contribution in [1.29, 1.82) is 0 Å². The molecule has 18 heavy (non-hydrogen) atoms. The van der Waals surface area contributed by atoms with E-state index in [1.807, 2.05) is 24.3 Å². The largest absolute Gasteiger partial charge is 0.457 e. The first-order valence-corrected chi connectivity index (χ1v) is 6.55. The SMILES string of the molecule is NC(=O)c1cc(Cl)ccc1Oc1ccc(I)cc1. The van der Waals surface area contributed by atoms with Crippen LogP contribution in [0.5, 0.6) is 11.5 Å². The lowest BCUT2D eigenvalue weighted by atomic mass is 10.2. The molecule has 0 aromatic heterocycles. The van der Waals surface area contributed by atoms with Crippen molar-refractivity contribution in [1.82, 2.24) is 0 Å².